The van der Waals surface area contributed by atoms with Gasteiger partial charge in [0, 0.05) is 49.3 Å². The number of benzene rings is 11. The van der Waals surface area contributed by atoms with Gasteiger partial charge in [-0.3, -0.25) is 0 Å². The first-order chi connectivity index (χ1) is 32.3. The number of hydrogen-bond donors (Lipinski definition) is 0. The topological polar surface area (TPSA) is 21.3 Å². The minimum Gasteiger partial charge on any atom is -0.455 e. The van der Waals surface area contributed by atoms with Crippen LogP contribution in [-0.2, 0) is 0 Å². The van der Waals surface area contributed by atoms with E-state index in [0.29, 0.717) is 0 Å². The molecule has 0 aliphatic rings. The van der Waals surface area contributed by atoms with Gasteiger partial charge in [-0.05, 0) is 81.4 Å². The fraction of sp³-hybridized carbons (Fsp3) is 0. The average molecular weight is 829 g/mol. The van der Waals surface area contributed by atoms with Gasteiger partial charge in [0.05, 0.1) is 28.1 Å². The molecule has 2 aromatic heterocycles. The van der Waals surface area contributed by atoms with Gasteiger partial charge in [0.25, 0.3) is 0 Å². The largest absolute Gasteiger partial charge is 0.455 e. The van der Waals surface area contributed by atoms with Gasteiger partial charge in [-0.1, -0.05) is 194 Å². The summed E-state index contributed by atoms with van der Waals surface area (Å²) >= 11 is 0. The third-order valence-corrected chi connectivity index (χ3v) is 13.2. The molecule has 2 heterocycles. The minimum absolute atomic E-state index is 0.901. The standard InChI is InChI=1S/C62H40N2O/c1-2-17-46-44(16-1)40-60(51-21-4-3-20-50(46)51)63(45-38-36-43(37-39-45)49-25-15-26-55-54-24-9-14-31-61(54)65-62(49)55)56-27-10-5-18-47(56)41-32-34-42(35-33-41)48-19-6-11-28-57(48)64-58-29-12-7-22-52(58)53-23-8-13-30-59(53)64/h1-40H. The second-order valence-corrected chi connectivity index (χ2v) is 16.8. The van der Waals surface area contributed by atoms with Crippen molar-refractivity contribution in [3.8, 4) is 39.1 Å². The summed E-state index contributed by atoms with van der Waals surface area (Å²) in [5, 5.41) is 9.62. The van der Waals surface area contributed by atoms with Crippen LogP contribution in [0.2, 0.25) is 0 Å². The molecule has 13 aromatic rings. The first-order valence-corrected chi connectivity index (χ1v) is 22.3. The zero-order valence-electron chi connectivity index (χ0n) is 35.4. The van der Waals surface area contributed by atoms with Crippen molar-refractivity contribution in [2.45, 2.75) is 0 Å². The Kier molecular flexibility index (Phi) is 8.53. The number of furan rings is 1. The van der Waals surface area contributed by atoms with E-state index in [4.69, 9.17) is 4.42 Å². The Bertz CT molecular complexity index is 3900. The Labute approximate surface area is 376 Å². The molecule has 0 aliphatic carbocycles. The zero-order chi connectivity index (χ0) is 42.8. The van der Waals surface area contributed by atoms with Crippen LogP contribution in [-0.4, -0.2) is 4.57 Å². The number of aromatic nitrogens is 1. The number of anilines is 3. The number of rotatable bonds is 7. The molecular weight excluding hydrogens is 789 g/mol. The van der Waals surface area contributed by atoms with Crippen LogP contribution < -0.4 is 4.90 Å². The molecular formula is C62H40N2O. The second kappa shape index (κ2) is 15.0. The highest BCUT2D eigenvalue weighted by atomic mass is 16.3. The van der Waals surface area contributed by atoms with Gasteiger partial charge in [-0.2, -0.15) is 0 Å². The number of fused-ring (bicyclic) bond motifs is 9. The van der Waals surface area contributed by atoms with Gasteiger partial charge in [0.2, 0.25) is 0 Å². The van der Waals surface area contributed by atoms with Crippen LogP contribution in [0.5, 0.6) is 0 Å². The van der Waals surface area contributed by atoms with Crippen molar-refractivity contribution >= 4 is 82.4 Å². The second-order valence-electron chi connectivity index (χ2n) is 16.8. The highest BCUT2D eigenvalue weighted by Gasteiger charge is 2.22. The summed E-state index contributed by atoms with van der Waals surface area (Å²) in [7, 11) is 0. The smallest absolute Gasteiger partial charge is 0.143 e. The highest BCUT2D eigenvalue weighted by molar-refractivity contribution is 6.15. The molecule has 0 fully saturated rings. The van der Waals surface area contributed by atoms with E-state index in [1.165, 1.54) is 48.9 Å². The van der Waals surface area contributed by atoms with Crippen LogP contribution in [0.4, 0.5) is 17.1 Å². The van der Waals surface area contributed by atoms with Gasteiger partial charge in [-0.25, -0.2) is 0 Å². The van der Waals surface area contributed by atoms with E-state index in [0.717, 1.165) is 72.5 Å². The van der Waals surface area contributed by atoms with Gasteiger partial charge >= 0.3 is 0 Å². The third-order valence-electron chi connectivity index (χ3n) is 13.2. The Balaban J connectivity index is 0.959. The van der Waals surface area contributed by atoms with Gasteiger partial charge in [0.1, 0.15) is 11.2 Å². The SMILES string of the molecule is c1ccc(N(c2ccc(-c3cccc4c3oc3ccccc34)cc2)c2cc3ccccc3c3ccccc23)c(-c2ccc(-c3ccccc3-n3c4ccccc4c4ccccc43)cc2)c1. The van der Waals surface area contributed by atoms with Gasteiger partial charge < -0.3 is 13.9 Å². The van der Waals surface area contributed by atoms with E-state index in [9.17, 15) is 0 Å². The average Bonchev–Trinajstić information content (AvgIpc) is 3.93. The van der Waals surface area contributed by atoms with Crippen molar-refractivity contribution in [1.82, 2.24) is 4.57 Å². The van der Waals surface area contributed by atoms with Crippen LogP contribution in [0.25, 0.3) is 104 Å². The summed E-state index contributed by atoms with van der Waals surface area (Å²) in [5.41, 5.74) is 15.5. The van der Waals surface area contributed by atoms with Crippen molar-refractivity contribution in [1.29, 1.82) is 0 Å². The molecule has 3 nitrogen and oxygen atoms in total. The lowest BCUT2D eigenvalue weighted by atomic mass is 9.96. The van der Waals surface area contributed by atoms with Gasteiger partial charge in [-0.15, -0.1) is 0 Å². The molecule has 0 aliphatic heterocycles. The first kappa shape index (κ1) is 36.9. The summed E-state index contributed by atoms with van der Waals surface area (Å²) < 4.78 is 8.91. The van der Waals surface area contributed by atoms with E-state index >= 15 is 0 Å². The van der Waals surface area contributed by atoms with E-state index < -0.39 is 0 Å². The normalized spacial score (nSPS) is 11.7. The predicted octanol–water partition coefficient (Wildman–Crippen LogP) is 17.5. The zero-order valence-corrected chi connectivity index (χ0v) is 35.4. The molecule has 0 spiro atoms. The highest BCUT2D eigenvalue weighted by Crippen LogP contribution is 2.47. The van der Waals surface area contributed by atoms with Crippen molar-refractivity contribution in [2.24, 2.45) is 0 Å². The summed E-state index contributed by atoms with van der Waals surface area (Å²) in [5.74, 6) is 0. The predicted molar refractivity (Wildman–Crippen MR) is 274 cm³/mol. The summed E-state index contributed by atoms with van der Waals surface area (Å²) in [6, 6.07) is 87.7. The summed E-state index contributed by atoms with van der Waals surface area (Å²) in [4.78, 5) is 2.45. The van der Waals surface area contributed by atoms with Crippen LogP contribution in [0, 0.1) is 0 Å². The number of para-hydroxylation sites is 6. The third kappa shape index (κ3) is 5.97. The molecule has 0 saturated heterocycles. The van der Waals surface area contributed by atoms with Crippen molar-refractivity contribution in [3.63, 3.8) is 0 Å². The molecule has 3 heteroatoms. The summed E-state index contributed by atoms with van der Waals surface area (Å²) in [6.07, 6.45) is 0. The molecule has 0 radical (unpaired) electrons. The van der Waals surface area contributed by atoms with E-state index in [-0.39, 0.29) is 0 Å². The first-order valence-electron chi connectivity index (χ1n) is 22.3. The number of nitrogens with zero attached hydrogens (tertiary/aromatic N) is 2. The maximum Gasteiger partial charge on any atom is 0.143 e. The van der Waals surface area contributed by atoms with Crippen molar-refractivity contribution in [3.05, 3.63) is 243 Å². The minimum atomic E-state index is 0.901. The Morgan fingerprint density at radius 1 is 0.323 bits per heavy atom. The maximum absolute atomic E-state index is 6.49. The van der Waals surface area contributed by atoms with Gasteiger partial charge in [0.15, 0.2) is 0 Å². The quantitative estimate of drug-likeness (QED) is 0.149. The lowest BCUT2D eigenvalue weighted by Gasteiger charge is -2.30. The van der Waals surface area contributed by atoms with Crippen LogP contribution in [0.3, 0.4) is 0 Å². The van der Waals surface area contributed by atoms with Crippen LogP contribution >= 0.6 is 0 Å². The Morgan fingerprint density at radius 3 is 1.58 bits per heavy atom. The lowest BCUT2D eigenvalue weighted by Crippen LogP contribution is -2.12. The molecule has 0 saturated carbocycles. The molecule has 304 valence electrons. The number of hydrogen-bond acceptors (Lipinski definition) is 2. The van der Waals surface area contributed by atoms with E-state index in [2.05, 4.69) is 240 Å². The van der Waals surface area contributed by atoms with E-state index in [1.807, 2.05) is 12.1 Å². The molecule has 0 bridgehead atoms. The molecule has 13 rings (SSSR count). The Morgan fingerprint density at radius 2 is 0.831 bits per heavy atom. The molecule has 0 unspecified atom stereocenters. The van der Waals surface area contributed by atoms with Crippen LogP contribution in [0.1, 0.15) is 0 Å². The molecule has 0 amide bonds. The van der Waals surface area contributed by atoms with E-state index in [1.54, 1.807) is 0 Å². The maximum atomic E-state index is 6.49. The molecule has 11 aromatic carbocycles. The molecule has 0 atom stereocenters. The summed E-state index contributed by atoms with van der Waals surface area (Å²) in [6.45, 7) is 0. The molecule has 65 heavy (non-hydrogen) atoms. The molecule has 0 N–H and O–H groups in total. The van der Waals surface area contributed by atoms with Crippen LogP contribution in [0.15, 0.2) is 247 Å². The van der Waals surface area contributed by atoms with Crippen molar-refractivity contribution in [2.75, 3.05) is 4.90 Å². The fourth-order valence-electron chi connectivity index (χ4n) is 10.2. The fourth-order valence-corrected chi connectivity index (χ4v) is 10.2. The van der Waals surface area contributed by atoms with Crippen molar-refractivity contribution < 1.29 is 4.42 Å². The monoisotopic (exact) mass is 828 g/mol. The Hall–Kier alpha value is -8.66. The lowest BCUT2D eigenvalue weighted by molar-refractivity contribution is 0.670.